The maximum Gasteiger partial charge on any atom is 0.338 e. The maximum absolute atomic E-state index is 12.1. The molecule has 0 spiro atoms. The fourth-order valence-electron chi connectivity index (χ4n) is 2.44. The van der Waals surface area contributed by atoms with Gasteiger partial charge >= 0.3 is 5.97 Å². The van der Waals surface area contributed by atoms with Crippen LogP contribution in [-0.4, -0.2) is 38.6 Å². The average Bonchev–Trinajstić information content (AvgIpc) is 3.11. The molecule has 2 aliphatic rings. The number of hydrogen-bond donors (Lipinski definition) is 0. The highest BCUT2D eigenvalue weighted by Crippen LogP contribution is 2.42. The summed E-state index contributed by atoms with van der Waals surface area (Å²) in [6.45, 7) is 3.78. The van der Waals surface area contributed by atoms with E-state index in [1.807, 2.05) is 0 Å². The molecule has 120 valence electrons. The van der Waals surface area contributed by atoms with E-state index in [9.17, 15) is 4.79 Å². The van der Waals surface area contributed by atoms with Crippen molar-refractivity contribution in [2.45, 2.75) is 32.0 Å². The molecule has 1 aromatic rings. The minimum absolute atomic E-state index is 0.178. The van der Waals surface area contributed by atoms with Crippen molar-refractivity contribution in [2.24, 2.45) is 0 Å². The Hall–Kier alpha value is -1.83. The highest BCUT2D eigenvalue weighted by molar-refractivity contribution is 5.76. The largest absolute Gasteiger partial charge is 0.464 e. The first-order chi connectivity index (χ1) is 10.6. The average molecular weight is 310 g/mol. The van der Waals surface area contributed by atoms with E-state index in [1.165, 1.54) is 7.11 Å². The summed E-state index contributed by atoms with van der Waals surface area (Å²) >= 11 is 0. The molecule has 0 saturated carbocycles. The van der Waals surface area contributed by atoms with Crippen LogP contribution in [0.4, 0.5) is 0 Å². The van der Waals surface area contributed by atoms with Crippen molar-refractivity contribution >= 4 is 5.97 Å². The Labute approximate surface area is 128 Å². The molecule has 1 saturated heterocycles. The Kier molecular flexibility index (Phi) is 3.94. The minimum atomic E-state index is -1.31. The van der Waals surface area contributed by atoms with Crippen LogP contribution in [0.2, 0.25) is 0 Å². The summed E-state index contributed by atoms with van der Waals surface area (Å²) in [4.78, 5) is 12.1. The van der Waals surface area contributed by atoms with Crippen LogP contribution < -0.4 is 9.47 Å². The number of carbonyl (C=O) groups excluding carboxylic acids is 1. The van der Waals surface area contributed by atoms with E-state index in [-0.39, 0.29) is 13.4 Å². The first kappa shape index (κ1) is 15.1. The summed E-state index contributed by atoms with van der Waals surface area (Å²) in [5, 5.41) is 0. The Balaban J connectivity index is 1.90. The number of fused-ring (bicyclic) bond motifs is 1. The van der Waals surface area contributed by atoms with Gasteiger partial charge in [-0.2, -0.15) is 0 Å². The quantitative estimate of drug-likeness (QED) is 0.784. The number of carbonyl (C=O) groups is 1. The second-order valence-electron chi connectivity index (χ2n) is 5.01. The lowest BCUT2D eigenvalue weighted by Gasteiger charge is -2.20. The van der Waals surface area contributed by atoms with Crippen molar-refractivity contribution in [1.82, 2.24) is 0 Å². The molecule has 3 rings (SSSR count). The predicted octanol–water partition coefficient (Wildman–Crippen LogP) is 1.75. The van der Waals surface area contributed by atoms with Crippen LogP contribution in [0.3, 0.4) is 0 Å². The molecule has 0 aliphatic carbocycles. The van der Waals surface area contributed by atoms with Gasteiger partial charge in [-0.1, -0.05) is 6.07 Å². The van der Waals surface area contributed by atoms with Gasteiger partial charge in [-0.25, -0.2) is 4.79 Å². The predicted molar refractivity (Wildman–Crippen MR) is 73.3 cm³/mol. The van der Waals surface area contributed by atoms with Crippen LogP contribution in [0.15, 0.2) is 18.2 Å². The molecule has 1 unspecified atom stereocenters. The van der Waals surface area contributed by atoms with Crippen molar-refractivity contribution in [3.8, 4) is 11.5 Å². The summed E-state index contributed by atoms with van der Waals surface area (Å²) < 4.78 is 32.3. The van der Waals surface area contributed by atoms with Gasteiger partial charge in [0.1, 0.15) is 6.10 Å². The van der Waals surface area contributed by atoms with Crippen molar-refractivity contribution in [3.63, 3.8) is 0 Å². The molecule has 7 heteroatoms. The zero-order chi connectivity index (χ0) is 15.7. The Morgan fingerprint density at radius 2 is 2.09 bits per heavy atom. The monoisotopic (exact) mass is 310 g/mol. The summed E-state index contributed by atoms with van der Waals surface area (Å²) in [5.74, 6) is -0.538. The van der Waals surface area contributed by atoms with Crippen molar-refractivity contribution < 1.29 is 33.2 Å². The van der Waals surface area contributed by atoms with Crippen LogP contribution in [0.1, 0.15) is 25.5 Å². The van der Waals surface area contributed by atoms with E-state index in [0.29, 0.717) is 11.5 Å². The molecule has 0 N–H and O–H groups in total. The van der Waals surface area contributed by atoms with E-state index in [2.05, 4.69) is 0 Å². The van der Waals surface area contributed by atoms with Gasteiger partial charge < -0.3 is 28.4 Å². The molecule has 1 fully saturated rings. The number of methoxy groups -OCH3 is 1. The molecule has 1 aromatic carbocycles. The summed E-state index contributed by atoms with van der Waals surface area (Å²) in [7, 11) is 1.45. The number of esters is 1. The number of benzene rings is 1. The van der Waals surface area contributed by atoms with E-state index >= 15 is 0 Å². The fraction of sp³-hybridized carbons (Fsp3) is 0.533. The first-order valence-electron chi connectivity index (χ1n) is 7.03. The van der Waals surface area contributed by atoms with Gasteiger partial charge in [0.15, 0.2) is 17.6 Å². The van der Waals surface area contributed by atoms with E-state index in [1.54, 1.807) is 32.0 Å². The second-order valence-corrected chi connectivity index (χ2v) is 5.01. The van der Waals surface area contributed by atoms with Gasteiger partial charge in [-0.3, -0.25) is 0 Å². The van der Waals surface area contributed by atoms with Gasteiger partial charge in [0.05, 0.1) is 6.61 Å². The fourth-order valence-corrected chi connectivity index (χ4v) is 2.44. The smallest absolute Gasteiger partial charge is 0.338 e. The van der Waals surface area contributed by atoms with E-state index < -0.39 is 24.2 Å². The Bertz CT molecular complexity index is 573. The lowest BCUT2D eigenvalue weighted by molar-refractivity contribution is -0.318. The molecule has 2 aliphatic heterocycles. The standard InChI is InChI=1S/C15H18O7/c1-4-18-14(16)13-12(21-15(2,17-3)22-13)9-5-6-10-11(7-9)20-8-19-10/h5-7,12-13H,4,8H2,1-3H3/t12-,13+,15?/m0/s1. The van der Waals surface area contributed by atoms with Gasteiger partial charge in [0.2, 0.25) is 6.79 Å². The molecule has 0 aromatic heterocycles. The van der Waals surface area contributed by atoms with Crippen molar-refractivity contribution in [2.75, 3.05) is 20.5 Å². The topological polar surface area (TPSA) is 72.5 Å². The molecular weight excluding hydrogens is 292 g/mol. The third-order valence-corrected chi connectivity index (χ3v) is 3.57. The van der Waals surface area contributed by atoms with E-state index in [0.717, 1.165) is 5.56 Å². The van der Waals surface area contributed by atoms with Gasteiger partial charge in [0, 0.05) is 14.0 Å². The maximum atomic E-state index is 12.1. The molecule has 2 heterocycles. The third kappa shape index (κ3) is 2.63. The lowest BCUT2D eigenvalue weighted by atomic mass is 10.0. The molecular formula is C15H18O7. The summed E-state index contributed by atoms with van der Waals surface area (Å²) in [5.41, 5.74) is 0.725. The van der Waals surface area contributed by atoms with Gasteiger partial charge in [-0.05, 0) is 24.6 Å². The number of hydrogen-bond acceptors (Lipinski definition) is 7. The van der Waals surface area contributed by atoms with Crippen LogP contribution >= 0.6 is 0 Å². The van der Waals surface area contributed by atoms with Gasteiger partial charge in [0.25, 0.3) is 5.97 Å². The normalized spacial score (nSPS) is 29.6. The van der Waals surface area contributed by atoms with Crippen molar-refractivity contribution in [3.05, 3.63) is 23.8 Å². The molecule has 0 radical (unpaired) electrons. The number of ether oxygens (including phenoxy) is 6. The third-order valence-electron chi connectivity index (χ3n) is 3.57. The van der Waals surface area contributed by atoms with Crippen LogP contribution in [0.5, 0.6) is 11.5 Å². The molecule has 0 amide bonds. The Morgan fingerprint density at radius 3 is 2.82 bits per heavy atom. The zero-order valence-electron chi connectivity index (χ0n) is 12.7. The SMILES string of the molecule is CCOC(=O)[C@@H]1OC(C)(OC)O[C@H]1c1ccc2c(c1)OCO2. The summed E-state index contributed by atoms with van der Waals surface area (Å²) in [6, 6.07) is 5.34. The van der Waals surface area contributed by atoms with E-state index in [4.69, 9.17) is 28.4 Å². The first-order valence-corrected chi connectivity index (χ1v) is 7.03. The molecule has 7 nitrogen and oxygen atoms in total. The summed E-state index contributed by atoms with van der Waals surface area (Å²) in [6.07, 6.45) is -1.57. The van der Waals surface area contributed by atoms with Crippen molar-refractivity contribution in [1.29, 1.82) is 0 Å². The zero-order valence-corrected chi connectivity index (χ0v) is 12.7. The second kappa shape index (κ2) is 5.75. The Morgan fingerprint density at radius 1 is 1.32 bits per heavy atom. The minimum Gasteiger partial charge on any atom is -0.464 e. The highest BCUT2D eigenvalue weighted by Gasteiger charge is 2.50. The van der Waals surface area contributed by atoms with Crippen LogP contribution in [-0.2, 0) is 23.7 Å². The highest BCUT2D eigenvalue weighted by atomic mass is 16.9. The lowest BCUT2D eigenvalue weighted by Crippen LogP contribution is -2.32. The van der Waals surface area contributed by atoms with Gasteiger partial charge in [-0.15, -0.1) is 0 Å². The number of rotatable bonds is 4. The van der Waals surface area contributed by atoms with Crippen LogP contribution in [0.25, 0.3) is 0 Å². The van der Waals surface area contributed by atoms with Crippen LogP contribution in [0, 0.1) is 0 Å². The molecule has 3 atom stereocenters. The molecule has 0 bridgehead atoms. The molecule has 22 heavy (non-hydrogen) atoms.